The SMILES string of the molecule is CCC(C)(Oc1ccc(OCCc2cc(-c3ccc(C(F)(F)F)cc3)no2)cc1)C(=O)O. The molecule has 1 aromatic heterocycles. The Bertz CT molecular complexity index is 1040. The molecule has 1 unspecified atom stereocenters. The third kappa shape index (κ3) is 5.60. The van der Waals surface area contributed by atoms with E-state index in [4.69, 9.17) is 14.0 Å². The second kappa shape index (κ2) is 9.33. The number of aliphatic carboxylic acids is 1. The van der Waals surface area contributed by atoms with Crippen molar-refractivity contribution in [3.8, 4) is 22.8 Å². The van der Waals surface area contributed by atoms with Gasteiger partial charge in [0.05, 0.1) is 12.2 Å². The van der Waals surface area contributed by atoms with Gasteiger partial charge in [-0.25, -0.2) is 4.79 Å². The molecule has 32 heavy (non-hydrogen) atoms. The zero-order valence-corrected chi connectivity index (χ0v) is 17.5. The van der Waals surface area contributed by atoms with Crippen molar-refractivity contribution in [1.82, 2.24) is 5.16 Å². The number of halogens is 3. The van der Waals surface area contributed by atoms with E-state index in [-0.39, 0.29) is 6.61 Å². The number of carboxylic acids is 1. The summed E-state index contributed by atoms with van der Waals surface area (Å²) in [4.78, 5) is 11.3. The Balaban J connectivity index is 1.53. The van der Waals surface area contributed by atoms with Crippen LogP contribution in [0.15, 0.2) is 59.1 Å². The predicted octanol–water partition coefficient (Wildman–Crippen LogP) is 5.61. The van der Waals surface area contributed by atoms with Gasteiger partial charge in [0, 0.05) is 18.1 Å². The molecule has 0 aliphatic heterocycles. The molecule has 0 bridgehead atoms. The summed E-state index contributed by atoms with van der Waals surface area (Å²) < 4.78 is 54.5. The maximum atomic E-state index is 12.7. The number of hydrogen-bond acceptors (Lipinski definition) is 5. The van der Waals surface area contributed by atoms with Crippen LogP contribution in [0.25, 0.3) is 11.3 Å². The summed E-state index contributed by atoms with van der Waals surface area (Å²) in [5, 5.41) is 13.2. The van der Waals surface area contributed by atoms with Crippen LogP contribution in [0.3, 0.4) is 0 Å². The van der Waals surface area contributed by atoms with E-state index in [0.29, 0.717) is 41.4 Å². The fourth-order valence-electron chi connectivity index (χ4n) is 2.80. The molecule has 1 N–H and O–H groups in total. The van der Waals surface area contributed by atoms with E-state index in [2.05, 4.69) is 5.16 Å². The summed E-state index contributed by atoms with van der Waals surface area (Å²) in [6, 6.07) is 12.9. The van der Waals surface area contributed by atoms with Gasteiger partial charge in [-0.3, -0.25) is 0 Å². The number of aromatic nitrogens is 1. The zero-order chi connectivity index (χ0) is 23.4. The molecule has 0 saturated carbocycles. The lowest BCUT2D eigenvalue weighted by Gasteiger charge is -2.24. The topological polar surface area (TPSA) is 81.8 Å². The van der Waals surface area contributed by atoms with Gasteiger partial charge in [0.25, 0.3) is 0 Å². The number of hydrogen-bond donors (Lipinski definition) is 1. The number of carbonyl (C=O) groups is 1. The minimum absolute atomic E-state index is 0.281. The lowest BCUT2D eigenvalue weighted by Crippen LogP contribution is -2.40. The Morgan fingerprint density at radius 2 is 1.69 bits per heavy atom. The zero-order valence-electron chi connectivity index (χ0n) is 17.5. The summed E-state index contributed by atoms with van der Waals surface area (Å²) in [7, 11) is 0. The first kappa shape index (κ1) is 23.2. The summed E-state index contributed by atoms with van der Waals surface area (Å²) in [5.41, 5.74) is -1.07. The average molecular weight is 449 g/mol. The minimum atomic E-state index is -4.39. The van der Waals surface area contributed by atoms with Crippen LogP contribution in [0.5, 0.6) is 11.5 Å². The van der Waals surface area contributed by atoms with Crippen molar-refractivity contribution in [2.24, 2.45) is 0 Å². The standard InChI is InChI=1S/C23H22F3NO5/c1-3-22(2,21(28)29)31-18-10-8-17(9-11-18)30-13-12-19-14-20(27-32-19)15-4-6-16(7-5-15)23(24,25)26/h4-11,14H,3,12-13H2,1-2H3,(H,28,29). The van der Waals surface area contributed by atoms with Crippen LogP contribution in [0, 0.1) is 0 Å². The second-order valence-corrected chi connectivity index (χ2v) is 7.32. The van der Waals surface area contributed by atoms with Crippen LogP contribution in [-0.2, 0) is 17.4 Å². The van der Waals surface area contributed by atoms with Gasteiger partial charge < -0.3 is 19.1 Å². The first-order valence-corrected chi connectivity index (χ1v) is 9.89. The van der Waals surface area contributed by atoms with Crippen molar-refractivity contribution in [2.45, 2.75) is 38.5 Å². The quantitative estimate of drug-likeness (QED) is 0.457. The third-order valence-corrected chi connectivity index (χ3v) is 4.98. The number of alkyl halides is 3. The molecule has 2 aromatic carbocycles. The molecule has 9 heteroatoms. The molecule has 6 nitrogen and oxygen atoms in total. The largest absolute Gasteiger partial charge is 0.493 e. The van der Waals surface area contributed by atoms with Gasteiger partial charge in [0.15, 0.2) is 0 Å². The fourth-order valence-corrected chi connectivity index (χ4v) is 2.80. The molecule has 3 aromatic rings. The Hall–Kier alpha value is -3.49. The van der Waals surface area contributed by atoms with Crippen LogP contribution >= 0.6 is 0 Å². The normalized spacial score (nSPS) is 13.4. The predicted molar refractivity (Wildman–Crippen MR) is 110 cm³/mol. The molecule has 0 aliphatic carbocycles. The molecule has 3 rings (SSSR count). The van der Waals surface area contributed by atoms with Crippen molar-refractivity contribution in [1.29, 1.82) is 0 Å². The summed E-state index contributed by atoms with van der Waals surface area (Å²) in [6.07, 6.45) is -3.67. The number of ether oxygens (including phenoxy) is 2. The lowest BCUT2D eigenvalue weighted by molar-refractivity contribution is -0.154. The van der Waals surface area contributed by atoms with Crippen LogP contribution in [0.2, 0.25) is 0 Å². The van der Waals surface area contributed by atoms with Crippen LogP contribution in [0.4, 0.5) is 13.2 Å². The Morgan fingerprint density at radius 1 is 1.06 bits per heavy atom. The van der Waals surface area contributed by atoms with Crippen molar-refractivity contribution in [3.63, 3.8) is 0 Å². The Labute approximate surface area is 182 Å². The number of nitrogens with zero attached hydrogens (tertiary/aromatic N) is 1. The molecule has 1 heterocycles. The maximum Gasteiger partial charge on any atom is 0.416 e. The highest BCUT2D eigenvalue weighted by molar-refractivity contribution is 5.77. The van der Waals surface area contributed by atoms with E-state index in [9.17, 15) is 23.1 Å². The number of benzene rings is 2. The first-order chi connectivity index (χ1) is 15.1. The van der Waals surface area contributed by atoms with Crippen molar-refractivity contribution in [3.05, 3.63) is 65.9 Å². The molecule has 0 amide bonds. The highest BCUT2D eigenvalue weighted by atomic mass is 19.4. The van der Waals surface area contributed by atoms with Gasteiger partial charge in [-0.2, -0.15) is 13.2 Å². The van der Waals surface area contributed by atoms with E-state index in [1.807, 2.05) is 0 Å². The second-order valence-electron chi connectivity index (χ2n) is 7.32. The third-order valence-electron chi connectivity index (χ3n) is 4.98. The van der Waals surface area contributed by atoms with Crippen molar-refractivity contribution >= 4 is 5.97 Å². The molecule has 170 valence electrons. The summed E-state index contributed by atoms with van der Waals surface area (Å²) in [5.74, 6) is 0.469. The molecule has 0 saturated heterocycles. The fraction of sp³-hybridized carbons (Fsp3) is 0.304. The average Bonchev–Trinajstić information content (AvgIpc) is 3.23. The Morgan fingerprint density at radius 3 is 2.25 bits per heavy atom. The molecular weight excluding hydrogens is 427 g/mol. The van der Waals surface area contributed by atoms with Crippen molar-refractivity contribution in [2.75, 3.05) is 6.61 Å². The monoisotopic (exact) mass is 449 g/mol. The summed E-state index contributed by atoms with van der Waals surface area (Å²) in [6.45, 7) is 3.53. The smallest absolute Gasteiger partial charge is 0.416 e. The van der Waals surface area contributed by atoms with Gasteiger partial charge in [0.1, 0.15) is 23.0 Å². The lowest BCUT2D eigenvalue weighted by atomic mass is 10.0. The number of carboxylic acid groups (broad SMARTS) is 1. The van der Waals surface area contributed by atoms with E-state index >= 15 is 0 Å². The molecule has 0 radical (unpaired) electrons. The maximum absolute atomic E-state index is 12.7. The molecule has 0 aliphatic rings. The highest BCUT2D eigenvalue weighted by Crippen LogP contribution is 2.31. The first-order valence-electron chi connectivity index (χ1n) is 9.89. The Kier molecular flexibility index (Phi) is 6.76. The van der Waals surface area contributed by atoms with Gasteiger partial charge in [-0.1, -0.05) is 24.2 Å². The highest BCUT2D eigenvalue weighted by Gasteiger charge is 2.33. The van der Waals surface area contributed by atoms with Gasteiger partial charge >= 0.3 is 12.1 Å². The van der Waals surface area contributed by atoms with E-state index in [1.165, 1.54) is 19.1 Å². The molecule has 0 fully saturated rings. The van der Waals surface area contributed by atoms with Gasteiger partial charge in [0.2, 0.25) is 5.60 Å². The summed E-state index contributed by atoms with van der Waals surface area (Å²) >= 11 is 0. The molecule has 1 atom stereocenters. The van der Waals surface area contributed by atoms with E-state index in [1.54, 1.807) is 37.3 Å². The van der Waals surface area contributed by atoms with Crippen molar-refractivity contribution < 1.29 is 37.1 Å². The van der Waals surface area contributed by atoms with E-state index < -0.39 is 23.3 Å². The van der Waals surface area contributed by atoms with Crippen LogP contribution in [0.1, 0.15) is 31.6 Å². The van der Waals surface area contributed by atoms with Crippen LogP contribution < -0.4 is 9.47 Å². The van der Waals surface area contributed by atoms with Crippen LogP contribution in [-0.4, -0.2) is 28.4 Å². The van der Waals surface area contributed by atoms with Gasteiger partial charge in [-0.05, 0) is 49.7 Å². The molecule has 0 spiro atoms. The van der Waals surface area contributed by atoms with Gasteiger partial charge in [-0.15, -0.1) is 0 Å². The minimum Gasteiger partial charge on any atom is -0.493 e. The van der Waals surface area contributed by atoms with E-state index in [0.717, 1.165) is 12.1 Å². The molecular formula is C23H22F3NO5. The number of rotatable bonds is 9.